The van der Waals surface area contributed by atoms with Crippen LogP contribution in [0.2, 0.25) is 0 Å². The van der Waals surface area contributed by atoms with Crippen LogP contribution in [0.5, 0.6) is 11.5 Å². The van der Waals surface area contributed by atoms with Crippen molar-refractivity contribution >= 4 is 11.8 Å². The van der Waals surface area contributed by atoms with Crippen LogP contribution in [0.25, 0.3) is 0 Å². The molecule has 1 N–H and O–H groups in total. The first-order chi connectivity index (χ1) is 15.6. The van der Waals surface area contributed by atoms with Crippen LogP contribution >= 0.6 is 0 Å². The summed E-state index contributed by atoms with van der Waals surface area (Å²) >= 11 is 0. The van der Waals surface area contributed by atoms with Crippen molar-refractivity contribution in [1.29, 1.82) is 0 Å². The first-order valence-electron chi connectivity index (χ1n) is 10.6. The van der Waals surface area contributed by atoms with E-state index in [0.717, 1.165) is 16.7 Å². The summed E-state index contributed by atoms with van der Waals surface area (Å²) in [7, 11) is 3.18. The topological polar surface area (TPSA) is 81.0 Å². The Balaban J connectivity index is 1.61. The molecular weight excluding hydrogens is 408 g/mol. The Morgan fingerprint density at radius 2 is 1.88 bits per heavy atom. The Morgan fingerprint density at radius 1 is 1.09 bits per heavy atom. The zero-order chi connectivity index (χ0) is 22.2. The van der Waals surface area contributed by atoms with Crippen LogP contribution in [0.15, 0.2) is 59.2 Å². The maximum atomic E-state index is 13.6. The summed E-state index contributed by atoms with van der Waals surface area (Å²) in [6.07, 6.45) is 2.26. The van der Waals surface area contributed by atoms with E-state index in [0.29, 0.717) is 35.8 Å². The SMILES string of the molecule is COc1cc2c(cc1OC)[C@@H]1[C@H](C(=O)NCc3ccco3)c3ccccc3C(=O)N1CC2. The van der Waals surface area contributed by atoms with Gasteiger partial charge < -0.3 is 24.1 Å². The zero-order valence-corrected chi connectivity index (χ0v) is 18.0. The molecule has 7 heteroatoms. The van der Waals surface area contributed by atoms with E-state index in [-0.39, 0.29) is 18.4 Å². The Hall–Kier alpha value is -3.74. The number of nitrogens with zero attached hydrogens (tertiary/aromatic N) is 1. The molecule has 5 rings (SSSR count). The normalized spacial score (nSPS) is 18.9. The summed E-state index contributed by atoms with van der Waals surface area (Å²) in [6, 6.07) is 14.4. The highest BCUT2D eigenvalue weighted by Gasteiger charge is 2.46. The third kappa shape index (κ3) is 3.21. The monoisotopic (exact) mass is 432 g/mol. The second kappa shape index (κ2) is 8.07. The zero-order valence-electron chi connectivity index (χ0n) is 18.0. The van der Waals surface area contributed by atoms with Crippen LogP contribution in [0, 0.1) is 0 Å². The number of nitrogens with one attached hydrogen (secondary N) is 1. The fourth-order valence-electron chi connectivity index (χ4n) is 4.83. The molecule has 2 aliphatic rings. The van der Waals surface area contributed by atoms with Crippen LogP contribution in [0.4, 0.5) is 0 Å². The van der Waals surface area contributed by atoms with Crippen molar-refractivity contribution in [2.45, 2.75) is 24.9 Å². The number of rotatable bonds is 5. The molecule has 2 amide bonds. The highest BCUT2D eigenvalue weighted by atomic mass is 16.5. The van der Waals surface area contributed by atoms with Crippen molar-refractivity contribution < 1.29 is 23.5 Å². The van der Waals surface area contributed by atoms with Crippen LogP contribution in [-0.4, -0.2) is 37.5 Å². The molecule has 1 aromatic heterocycles. The van der Waals surface area contributed by atoms with E-state index >= 15 is 0 Å². The molecule has 0 bridgehead atoms. The quantitative estimate of drug-likeness (QED) is 0.668. The molecular formula is C25H24N2O5. The summed E-state index contributed by atoms with van der Waals surface area (Å²) in [5.41, 5.74) is 3.28. The predicted molar refractivity (Wildman–Crippen MR) is 117 cm³/mol. The number of furan rings is 1. The minimum Gasteiger partial charge on any atom is -0.493 e. The number of benzene rings is 2. The maximum absolute atomic E-state index is 13.6. The largest absolute Gasteiger partial charge is 0.493 e. The molecule has 0 saturated carbocycles. The summed E-state index contributed by atoms with van der Waals surface area (Å²) < 4.78 is 16.4. The van der Waals surface area contributed by atoms with E-state index in [1.165, 1.54) is 0 Å². The molecule has 32 heavy (non-hydrogen) atoms. The molecule has 2 aliphatic heterocycles. The maximum Gasteiger partial charge on any atom is 0.254 e. The van der Waals surface area contributed by atoms with Gasteiger partial charge in [-0.2, -0.15) is 0 Å². The van der Waals surface area contributed by atoms with Gasteiger partial charge in [-0.15, -0.1) is 0 Å². The van der Waals surface area contributed by atoms with Crippen molar-refractivity contribution in [3.05, 3.63) is 82.8 Å². The Kier molecular flexibility index (Phi) is 5.09. The van der Waals surface area contributed by atoms with E-state index in [2.05, 4.69) is 5.32 Å². The third-order valence-corrected chi connectivity index (χ3v) is 6.32. The highest BCUT2D eigenvalue weighted by Crippen LogP contribution is 2.48. The van der Waals surface area contributed by atoms with Gasteiger partial charge >= 0.3 is 0 Å². The second-order valence-electron chi connectivity index (χ2n) is 7.96. The first kappa shape index (κ1) is 20.2. The molecule has 2 atom stereocenters. The van der Waals surface area contributed by atoms with E-state index in [9.17, 15) is 9.59 Å². The number of ether oxygens (including phenoxy) is 2. The van der Waals surface area contributed by atoms with Gasteiger partial charge in [0.15, 0.2) is 11.5 Å². The van der Waals surface area contributed by atoms with Crippen molar-refractivity contribution in [2.24, 2.45) is 0 Å². The van der Waals surface area contributed by atoms with Gasteiger partial charge in [-0.3, -0.25) is 9.59 Å². The molecule has 0 unspecified atom stereocenters. The summed E-state index contributed by atoms with van der Waals surface area (Å²) in [4.78, 5) is 28.7. The van der Waals surface area contributed by atoms with Gasteiger partial charge in [-0.1, -0.05) is 18.2 Å². The molecule has 0 fully saturated rings. The van der Waals surface area contributed by atoms with Crippen LogP contribution in [-0.2, 0) is 17.8 Å². The third-order valence-electron chi connectivity index (χ3n) is 6.32. The van der Waals surface area contributed by atoms with E-state index < -0.39 is 12.0 Å². The average Bonchev–Trinajstić information content (AvgIpc) is 3.35. The van der Waals surface area contributed by atoms with Crippen molar-refractivity contribution in [1.82, 2.24) is 10.2 Å². The Morgan fingerprint density at radius 3 is 2.62 bits per heavy atom. The van der Waals surface area contributed by atoms with Gasteiger partial charge in [0.25, 0.3) is 5.91 Å². The number of amides is 2. The Bertz CT molecular complexity index is 1170. The first-order valence-corrected chi connectivity index (χ1v) is 10.6. The molecule has 3 heterocycles. The number of fused-ring (bicyclic) bond motifs is 4. The molecule has 7 nitrogen and oxygen atoms in total. The smallest absolute Gasteiger partial charge is 0.254 e. The van der Waals surface area contributed by atoms with Gasteiger partial charge in [0.2, 0.25) is 5.91 Å². The lowest BCUT2D eigenvalue weighted by Gasteiger charge is -2.45. The van der Waals surface area contributed by atoms with E-state index in [1.807, 2.05) is 41.3 Å². The van der Waals surface area contributed by atoms with Gasteiger partial charge in [-0.25, -0.2) is 0 Å². The van der Waals surface area contributed by atoms with Crippen LogP contribution in [0.1, 0.15) is 44.8 Å². The molecule has 0 radical (unpaired) electrons. The summed E-state index contributed by atoms with van der Waals surface area (Å²) in [5, 5.41) is 3.00. The second-order valence-corrected chi connectivity index (χ2v) is 7.96. The predicted octanol–water partition coefficient (Wildman–Crippen LogP) is 3.45. The van der Waals surface area contributed by atoms with E-state index in [1.54, 1.807) is 32.6 Å². The lowest BCUT2D eigenvalue weighted by Crippen LogP contribution is -2.50. The van der Waals surface area contributed by atoms with Gasteiger partial charge in [0.05, 0.1) is 39.0 Å². The van der Waals surface area contributed by atoms with Gasteiger partial charge in [0.1, 0.15) is 5.76 Å². The number of carbonyl (C=O) groups excluding carboxylic acids is 2. The van der Waals surface area contributed by atoms with Crippen LogP contribution in [0.3, 0.4) is 0 Å². The van der Waals surface area contributed by atoms with Crippen molar-refractivity contribution in [2.75, 3.05) is 20.8 Å². The minimum absolute atomic E-state index is 0.0545. The lowest BCUT2D eigenvalue weighted by atomic mass is 9.75. The number of methoxy groups -OCH3 is 2. The summed E-state index contributed by atoms with van der Waals surface area (Å²) in [6.45, 7) is 0.812. The molecule has 0 spiro atoms. The average molecular weight is 432 g/mol. The highest BCUT2D eigenvalue weighted by molar-refractivity contribution is 6.01. The lowest BCUT2D eigenvalue weighted by molar-refractivity contribution is -0.124. The molecule has 164 valence electrons. The van der Waals surface area contributed by atoms with Gasteiger partial charge in [-0.05, 0) is 53.4 Å². The van der Waals surface area contributed by atoms with Crippen molar-refractivity contribution in [3.63, 3.8) is 0 Å². The fraction of sp³-hybridized carbons (Fsp3) is 0.280. The van der Waals surface area contributed by atoms with E-state index in [4.69, 9.17) is 13.9 Å². The molecule has 0 aliphatic carbocycles. The van der Waals surface area contributed by atoms with Crippen molar-refractivity contribution in [3.8, 4) is 11.5 Å². The van der Waals surface area contributed by atoms with Gasteiger partial charge in [0, 0.05) is 12.1 Å². The molecule has 2 aromatic carbocycles. The Labute approximate surface area is 185 Å². The molecule has 3 aromatic rings. The van der Waals surface area contributed by atoms with Crippen LogP contribution < -0.4 is 14.8 Å². The number of hydrogen-bond acceptors (Lipinski definition) is 5. The summed E-state index contributed by atoms with van der Waals surface area (Å²) in [5.74, 6) is 1.12. The number of hydrogen-bond donors (Lipinski definition) is 1. The number of carbonyl (C=O) groups is 2. The minimum atomic E-state index is -0.559. The molecule has 0 saturated heterocycles. The fourth-order valence-corrected chi connectivity index (χ4v) is 4.83. The standard InChI is InChI=1S/C25H24N2O5/c1-30-20-12-15-9-10-27-23(19(15)13-21(20)31-2)22(17-7-3-4-8-18(17)25(27)29)24(28)26-14-16-6-5-11-32-16/h3-8,11-13,22-23H,9-10,14H2,1-2H3,(H,26,28)/t22-,23-/m1/s1.